The molecule has 1 aliphatic carbocycles. The first kappa shape index (κ1) is 13.6. The molecule has 0 bridgehead atoms. The van der Waals surface area contributed by atoms with E-state index in [-0.39, 0.29) is 5.41 Å². The predicted octanol–water partition coefficient (Wildman–Crippen LogP) is 4.81. The van der Waals surface area contributed by atoms with E-state index >= 15 is 0 Å². The van der Waals surface area contributed by atoms with E-state index in [0.717, 1.165) is 12.0 Å². The molecule has 0 unspecified atom stereocenters. The Morgan fingerprint density at radius 3 is 2.71 bits per heavy atom. The molecule has 0 nitrogen and oxygen atoms in total. The van der Waals surface area contributed by atoms with Crippen molar-refractivity contribution in [1.29, 1.82) is 0 Å². The molecule has 0 heterocycles. The van der Waals surface area contributed by atoms with Crippen molar-refractivity contribution in [3.8, 4) is 11.8 Å². The Balaban J connectivity index is 2.96. The summed E-state index contributed by atoms with van der Waals surface area (Å²) in [6.07, 6.45) is 9.51. The highest BCUT2D eigenvalue weighted by molar-refractivity contribution is 5.41. The van der Waals surface area contributed by atoms with Crippen molar-refractivity contribution >= 4 is 0 Å². The van der Waals surface area contributed by atoms with Gasteiger partial charge < -0.3 is 0 Å². The van der Waals surface area contributed by atoms with Crippen molar-refractivity contribution < 1.29 is 0 Å². The Hall–Kier alpha value is -1.48. The highest BCUT2D eigenvalue weighted by atomic mass is 14.3. The molecular weight excluding hydrogens is 204 g/mol. The van der Waals surface area contributed by atoms with E-state index in [4.69, 9.17) is 0 Å². The molecule has 1 rings (SSSR count). The van der Waals surface area contributed by atoms with Crippen LogP contribution in [0.2, 0.25) is 0 Å². The van der Waals surface area contributed by atoms with Crippen LogP contribution in [0.15, 0.2) is 48.1 Å². The summed E-state index contributed by atoms with van der Waals surface area (Å²) in [7, 11) is 0. The lowest BCUT2D eigenvalue weighted by Crippen LogP contribution is -2.20. The van der Waals surface area contributed by atoms with E-state index in [9.17, 15) is 0 Å². The number of hydrogen-bond donors (Lipinski definition) is 0. The monoisotopic (exact) mass is 226 g/mol. The van der Waals surface area contributed by atoms with Gasteiger partial charge in [-0.05, 0) is 48.8 Å². The Morgan fingerprint density at radius 2 is 2.12 bits per heavy atom. The van der Waals surface area contributed by atoms with Gasteiger partial charge in [-0.25, -0.2) is 0 Å². The summed E-state index contributed by atoms with van der Waals surface area (Å²) in [5.41, 5.74) is 3.97. The number of rotatable bonds is 1. The maximum absolute atomic E-state index is 4.18. The van der Waals surface area contributed by atoms with Gasteiger partial charge in [-0.15, -0.1) is 0 Å². The standard InChI is InChI=1S/C17H22/c1-6-7-9-14(2)11-12-16-15(3)10-8-13-17(16,4)5/h6,11-12H,1,3,8,10,13H2,2,4-5H3/b14-11+,16-12-. The molecule has 0 N–H and O–H groups in total. The molecule has 0 radical (unpaired) electrons. The quantitative estimate of drug-likeness (QED) is 0.563. The fraction of sp³-hybridized carbons (Fsp3) is 0.412. The van der Waals surface area contributed by atoms with Crippen LogP contribution in [0.3, 0.4) is 0 Å². The highest BCUT2D eigenvalue weighted by Gasteiger charge is 2.28. The molecule has 0 aromatic carbocycles. The zero-order chi connectivity index (χ0) is 12.9. The van der Waals surface area contributed by atoms with Crippen LogP contribution in [0.1, 0.15) is 40.0 Å². The van der Waals surface area contributed by atoms with Crippen LogP contribution < -0.4 is 0 Å². The Bertz CT molecular complexity index is 430. The van der Waals surface area contributed by atoms with Crippen LogP contribution in [0, 0.1) is 17.3 Å². The fourth-order valence-electron chi connectivity index (χ4n) is 2.25. The lowest BCUT2D eigenvalue weighted by molar-refractivity contribution is 0.371. The van der Waals surface area contributed by atoms with Crippen molar-refractivity contribution in [3.63, 3.8) is 0 Å². The van der Waals surface area contributed by atoms with Gasteiger partial charge >= 0.3 is 0 Å². The molecule has 0 saturated heterocycles. The van der Waals surface area contributed by atoms with Gasteiger partial charge in [-0.2, -0.15) is 0 Å². The van der Waals surface area contributed by atoms with Gasteiger partial charge in [0.25, 0.3) is 0 Å². The Kier molecular flexibility index (Phi) is 4.58. The Morgan fingerprint density at radius 1 is 1.41 bits per heavy atom. The van der Waals surface area contributed by atoms with Crippen molar-refractivity contribution in [2.24, 2.45) is 5.41 Å². The van der Waals surface area contributed by atoms with Crippen molar-refractivity contribution in [3.05, 3.63) is 48.1 Å². The van der Waals surface area contributed by atoms with Gasteiger partial charge in [-0.3, -0.25) is 0 Å². The minimum absolute atomic E-state index is 0.248. The van der Waals surface area contributed by atoms with Crippen LogP contribution in [-0.2, 0) is 0 Å². The first-order chi connectivity index (χ1) is 7.97. The van der Waals surface area contributed by atoms with Crippen LogP contribution in [-0.4, -0.2) is 0 Å². The number of hydrogen-bond acceptors (Lipinski definition) is 0. The molecule has 0 atom stereocenters. The molecule has 0 aromatic rings. The van der Waals surface area contributed by atoms with Crippen LogP contribution >= 0.6 is 0 Å². The average Bonchev–Trinajstić information content (AvgIpc) is 2.24. The molecule has 0 spiro atoms. The van der Waals surface area contributed by atoms with Crippen molar-refractivity contribution in [1.82, 2.24) is 0 Å². The summed E-state index contributed by atoms with van der Waals surface area (Å²) in [6, 6.07) is 0. The molecule has 1 fully saturated rings. The van der Waals surface area contributed by atoms with Crippen LogP contribution in [0.5, 0.6) is 0 Å². The predicted molar refractivity (Wildman–Crippen MR) is 76.6 cm³/mol. The van der Waals surface area contributed by atoms with Crippen molar-refractivity contribution in [2.75, 3.05) is 0 Å². The van der Waals surface area contributed by atoms with Gasteiger partial charge in [0.15, 0.2) is 0 Å². The molecule has 1 aliphatic rings. The largest absolute Gasteiger partial charge is 0.0955 e. The average molecular weight is 226 g/mol. The second kappa shape index (κ2) is 5.73. The summed E-state index contributed by atoms with van der Waals surface area (Å²) in [6.45, 7) is 14.4. The zero-order valence-corrected chi connectivity index (χ0v) is 11.3. The van der Waals surface area contributed by atoms with E-state index in [1.54, 1.807) is 6.08 Å². The number of allylic oxidation sites excluding steroid dienone is 6. The van der Waals surface area contributed by atoms with E-state index in [2.05, 4.69) is 51.0 Å². The third kappa shape index (κ3) is 3.79. The first-order valence-corrected chi connectivity index (χ1v) is 6.17. The first-order valence-electron chi connectivity index (χ1n) is 6.17. The van der Waals surface area contributed by atoms with E-state index in [1.165, 1.54) is 24.0 Å². The van der Waals surface area contributed by atoms with E-state index < -0.39 is 0 Å². The summed E-state index contributed by atoms with van der Waals surface area (Å²) in [5.74, 6) is 5.89. The maximum Gasteiger partial charge on any atom is -0.000715 e. The zero-order valence-electron chi connectivity index (χ0n) is 11.3. The normalized spacial score (nSPS) is 21.9. The van der Waals surface area contributed by atoms with Gasteiger partial charge in [0, 0.05) is 0 Å². The summed E-state index contributed by atoms with van der Waals surface area (Å²) in [5, 5.41) is 0. The summed E-state index contributed by atoms with van der Waals surface area (Å²) in [4.78, 5) is 0. The van der Waals surface area contributed by atoms with E-state index in [0.29, 0.717) is 0 Å². The topological polar surface area (TPSA) is 0 Å². The lowest BCUT2D eigenvalue weighted by atomic mass is 9.71. The molecule has 0 aliphatic heterocycles. The molecular formula is C17H22. The van der Waals surface area contributed by atoms with Crippen LogP contribution in [0.25, 0.3) is 0 Å². The smallest absolute Gasteiger partial charge is 0.000715 e. The molecule has 17 heavy (non-hydrogen) atoms. The summed E-state index contributed by atoms with van der Waals surface area (Å²) >= 11 is 0. The molecule has 0 aromatic heterocycles. The SMILES string of the molecule is C=CC#C/C(C)=C/C=C1/C(=C)CCCC1(C)C. The van der Waals surface area contributed by atoms with Gasteiger partial charge in [0.05, 0.1) is 0 Å². The third-order valence-electron chi connectivity index (χ3n) is 3.26. The summed E-state index contributed by atoms with van der Waals surface area (Å²) < 4.78 is 0. The lowest BCUT2D eigenvalue weighted by Gasteiger charge is -2.34. The molecule has 0 amide bonds. The minimum atomic E-state index is 0.248. The Labute approximate surface area is 106 Å². The second-order valence-corrected chi connectivity index (χ2v) is 5.24. The highest BCUT2D eigenvalue weighted by Crippen LogP contribution is 2.42. The molecule has 90 valence electrons. The maximum atomic E-state index is 4.18. The third-order valence-corrected chi connectivity index (χ3v) is 3.26. The van der Waals surface area contributed by atoms with Crippen LogP contribution in [0.4, 0.5) is 0 Å². The second-order valence-electron chi connectivity index (χ2n) is 5.24. The van der Waals surface area contributed by atoms with Gasteiger partial charge in [0.1, 0.15) is 0 Å². The molecule has 0 heteroatoms. The van der Waals surface area contributed by atoms with Gasteiger partial charge in [-0.1, -0.05) is 56.6 Å². The minimum Gasteiger partial charge on any atom is -0.0955 e. The van der Waals surface area contributed by atoms with Crippen molar-refractivity contribution in [2.45, 2.75) is 40.0 Å². The fourth-order valence-corrected chi connectivity index (χ4v) is 2.25. The van der Waals surface area contributed by atoms with E-state index in [1.807, 2.05) is 6.92 Å². The molecule has 1 saturated carbocycles. The van der Waals surface area contributed by atoms with Gasteiger partial charge in [0.2, 0.25) is 0 Å².